The Morgan fingerprint density at radius 1 is 0.891 bits per heavy atom. The fourth-order valence-corrected chi connectivity index (χ4v) is 5.20. The van der Waals surface area contributed by atoms with Gasteiger partial charge in [0.1, 0.15) is 17.1 Å². The molecule has 1 aliphatic rings. The number of benzene rings is 1. The molecule has 1 aliphatic heterocycles. The number of rotatable bonds is 13. The van der Waals surface area contributed by atoms with Gasteiger partial charge in [-0.1, -0.05) is 37.3 Å². The van der Waals surface area contributed by atoms with Crippen molar-refractivity contribution in [2.24, 2.45) is 0 Å². The summed E-state index contributed by atoms with van der Waals surface area (Å²) in [4.78, 5) is 67.8. The summed E-state index contributed by atoms with van der Waals surface area (Å²) < 4.78 is 40.8. The lowest BCUT2D eigenvalue weighted by atomic mass is 9.96. The first-order valence-electron chi connectivity index (χ1n) is 15.0. The zero-order valence-corrected chi connectivity index (χ0v) is 27.4. The Kier molecular flexibility index (Phi) is 12.4. The van der Waals surface area contributed by atoms with Crippen molar-refractivity contribution in [3.05, 3.63) is 53.1 Å². The number of aromatic nitrogens is 2. The minimum atomic E-state index is -1.65. The fourth-order valence-electron chi connectivity index (χ4n) is 5.20. The van der Waals surface area contributed by atoms with E-state index in [1.807, 2.05) is 37.3 Å². The van der Waals surface area contributed by atoms with Crippen LogP contribution in [0.4, 0.5) is 0 Å². The highest BCUT2D eigenvalue weighted by atomic mass is 16.7. The van der Waals surface area contributed by atoms with Crippen LogP contribution in [-0.2, 0) is 70.9 Å². The van der Waals surface area contributed by atoms with Crippen molar-refractivity contribution < 1.29 is 57.1 Å². The molecule has 0 saturated carbocycles. The monoisotopic (exact) mass is 646 g/mol. The zero-order chi connectivity index (χ0) is 34.2. The van der Waals surface area contributed by atoms with Crippen molar-refractivity contribution in [1.29, 1.82) is 0 Å². The molecule has 1 aromatic carbocycles. The topological polar surface area (TPSA) is 168 Å². The molecule has 2 heterocycles. The van der Waals surface area contributed by atoms with Crippen LogP contribution in [0, 0.1) is 0 Å². The van der Waals surface area contributed by atoms with E-state index in [0.717, 1.165) is 39.9 Å². The van der Waals surface area contributed by atoms with Gasteiger partial charge in [0.2, 0.25) is 6.29 Å². The minimum Gasteiger partial charge on any atom is -0.467 e. The van der Waals surface area contributed by atoms with E-state index in [1.165, 1.54) is 0 Å². The molecule has 5 atom stereocenters. The number of hydrogen-bond acceptors (Lipinski definition) is 13. The Morgan fingerprint density at radius 2 is 1.48 bits per heavy atom. The van der Waals surface area contributed by atoms with Gasteiger partial charge in [0.15, 0.2) is 30.1 Å². The van der Waals surface area contributed by atoms with Crippen molar-refractivity contribution in [1.82, 2.24) is 9.55 Å². The van der Waals surface area contributed by atoms with E-state index < -0.39 is 66.2 Å². The third-order valence-electron chi connectivity index (χ3n) is 6.99. The lowest BCUT2D eigenvalue weighted by Gasteiger charge is -2.45. The van der Waals surface area contributed by atoms with Gasteiger partial charge in [-0.2, -0.15) is 0 Å². The van der Waals surface area contributed by atoms with Gasteiger partial charge in [-0.3, -0.25) is 14.4 Å². The van der Waals surface area contributed by atoms with Gasteiger partial charge in [-0.05, 0) is 32.8 Å². The summed E-state index contributed by atoms with van der Waals surface area (Å²) in [6, 6.07) is 9.51. The van der Waals surface area contributed by atoms with Crippen LogP contribution in [0.1, 0.15) is 82.5 Å². The number of methoxy groups -OCH3 is 1. The van der Waals surface area contributed by atoms with E-state index in [4.69, 9.17) is 38.1 Å². The molecular formula is C32H42N2O12. The summed E-state index contributed by atoms with van der Waals surface area (Å²) in [6.07, 6.45) is -6.65. The molecule has 0 N–H and O–H groups in total. The molecule has 0 spiro atoms. The molecule has 0 amide bonds. The highest BCUT2D eigenvalue weighted by Crippen LogP contribution is 2.37. The second kappa shape index (κ2) is 15.8. The first kappa shape index (κ1) is 36.2. The molecule has 14 nitrogen and oxygen atoms in total. The Bertz CT molecular complexity index is 1400. The smallest absolute Gasteiger partial charge is 0.357 e. The number of carbonyl (C=O) groups excluding carboxylic acids is 5. The Balaban J connectivity index is 2.18. The van der Waals surface area contributed by atoms with Crippen LogP contribution in [0.3, 0.4) is 0 Å². The number of nitrogens with zero attached hydrogens (tertiary/aromatic N) is 2. The molecule has 1 saturated heterocycles. The number of imidazole rings is 1. The average molecular weight is 647 g/mol. The summed E-state index contributed by atoms with van der Waals surface area (Å²) >= 11 is 0. The van der Waals surface area contributed by atoms with Gasteiger partial charge in [-0.25, -0.2) is 14.6 Å². The van der Waals surface area contributed by atoms with Crippen LogP contribution in [0.25, 0.3) is 0 Å². The van der Waals surface area contributed by atoms with Crippen molar-refractivity contribution >= 4 is 29.8 Å². The number of esters is 5. The van der Waals surface area contributed by atoms with E-state index in [2.05, 4.69) is 0 Å². The first-order valence-corrected chi connectivity index (χ1v) is 15.0. The quantitative estimate of drug-likeness (QED) is 0.230. The Morgan fingerprint density at radius 3 is 2.02 bits per heavy atom. The normalized spacial score (nSPS) is 21.2. The summed E-state index contributed by atoms with van der Waals surface area (Å²) in [5, 5.41) is 0. The van der Waals surface area contributed by atoms with Crippen LogP contribution in [0.5, 0.6) is 0 Å². The Labute approximate surface area is 267 Å². The summed E-state index contributed by atoms with van der Waals surface area (Å²) in [6.45, 7) is 10.6. The van der Waals surface area contributed by atoms with Gasteiger partial charge < -0.3 is 37.7 Å². The molecule has 14 heteroatoms. The number of ether oxygens (including phenoxy) is 7. The average Bonchev–Trinajstić information content (AvgIpc) is 3.34. The van der Waals surface area contributed by atoms with Gasteiger partial charge in [0.05, 0.1) is 13.7 Å². The lowest BCUT2D eigenvalue weighted by molar-refractivity contribution is -0.323. The minimum absolute atomic E-state index is 0.0991. The molecule has 3 rings (SSSR count). The van der Waals surface area contributed by atoms with E-state index >= 15 is 0 Å². The molecule has 46 heavy (non-hydrogen) atoms. The molecule has 1 fully saturated rings. The highest BCUT2D eigenvalue weighted by molar-refractivity contribution is 5.89. The maximum atomic E-state index is 13.5. The van der Waals surface area contributed by atoms with E-state index in [-0.39, 0.29) is 18.0 Å². The van der Waals surface area contributed by atoms with Crippen molar-refractivity contribution in [3.8, 4) is 0 Å². The zero-order valence-electron chi connectivity index (χ0n) is 27.4. The van der Waals surface area contributed by atoms with Crippen LogP contribution in [0.2, 0.25) is 0 Å². The van der Waals surface area contributed by atoms with Gasteiger partial charge >= 0.3 is 29.8 Å². The number of aryl methyl sites for hydroxylation is 1. The SMILES string of the molecule is CCCc1nc(C(C)(C)O[C@@H]2O[C@H](C(=O)OC)[C@@H](OC(C)=O)[C@H](OC(C)=O)[C@H]2OC(C)=O)c(C(=O)OCC)n1Cc1ccccc1. The summed E-state index contributed by atoms with van der Waals surface area (Å²) in [5.41, 5.74) is -0.236. The van der Waals surface area contributed by atoms with Gasteiger partial charge in [0.25, 0.3) is 0 Å². The summed E-state index contributed by atoms with van der Waals surface area (Å²) in [5.74, 6) is -3.47. The van der Waals surface area contributed by atoms with E-state index in [9.17, 15) is 24.0 Å². The molecular weight excluding hydrogens is 604 g/mol. The number of hydrogen-bond donors (Lipinski definition) is 0. The maximum Gasteiger partial charge on any atom is 0.357 e. The number of carbonyl (C=O) groups is 5. The molecule has 0 radical (unpaired) electrons. The second-order valence-corrected chi connectivity index (χ2v) is 11.1. The van der Waals surface area contributed by atoms with Crippen LogP contribution in [0.15, 0.2) is 30.3 Å². The second-order valence-electron chi connectivity index (χ2n) is 11.1. The standard InChI is InChI=1S/C32H42N2O12/c1-9-14-22-33-28(23(29(38)41-10-2)34(22)17-21-15-12-11-13-16-21)32(6,7)46-31-27(44-20(5)37)25(43-19(4)36)24(42-18(3)35)26(45-31)30(39)40-8/h11-13,15-16,24-27,31H,9-10,14,17H2,1-8H3/t24-,25-,26-,27+,31-/m0/s1. The van der Waals surface area contributed by atoms with Crippen LogP contribution < -0.4 is 0 Å². The van der Waals surface area contributed by atoms with E-state index in [0.29, 0.717) is 18.8 Å². The van der Waals surface area contributed by atoms with Crippen LogP contribution in [-0.4, -0.2) is 83.8 Å². The van der Waals surface area contributed by atoms with Crippen LogP contribution >= 0.6 is 0 Å². The van der Waals surface area contributed by atoms with E-state index in [1.54, 1.807) is 25.3 Å². The van der Waals surface area contributed by atoms with Gasteiger partial charge in [-0.15, -0.1) is 0 Å². The van der Waals surface area contributed by atoms with Crippen molar-refractivity contribution in [3.63, 3.8) is 0 Å². The molecule has 252 valence electrons. The fraction of sp³-hybridized carbons (Fsp3) is 0.562. The largest absolute Gasteiger partial charge is 0.467 e. The molecule has 0 aliphatic carbocycles. The third-order valence-corrected chi connectivity index (χ3v) is 6.99. The molecule has 0 bridgehead atoms. The van der Waals surface area contributed by atoms with Gasteiger partial charge in [0, 0.05) is 33.7 Å². The predicted molar refractivity (Wildman–Crippen MR) is 159 cm³/mol. The molecule has 1 aromatic heterocycles. The molecule has 2 aromatic rings. The first-order chi connectivity index (χ1) is 21.7. The summed E-state index contributed by atoms with van der Waals surface area (Å²) in [7, 11) is 1.09. The highest BCUT2D eigenvalue weighted by Gasteiger charge is 2.56. The molecule has 0 unspecified atom stereocenters. The van der Waals surface area contributed by atoms with Crippen molar-refractivity contribution in [2.75, 3.05) is 13.7 Å². The van der Waals surface area contributed by atoms with Crippen molar-refractivity contribution in [2.45, 2.75) is 104 Å². The maximum absolute atomic E-state index is 13.5. The predicted octanol–water partition coefficient (Wildman–Crippen LogP) is 3.01. The Hall–Kier alpha value is -4.30. The lowest BCUT2D eigenvalue weighted by Crippen LogP contribution is -2.64. The third kappa shape index (κ3) is 8.69.